The number of hydrogen-bond donors (Lipinski definition) is 1. The molecule has 1 aliphatic carbocycles. The standard InChI is InChI=1S/C23H22BrNO6/c1-2-28-23(27)21-20(19-15(26)7-5-9-17(19)31-22(21)25)18-11-10-13(30-18)12-29-16-8-4-3-6-14(16)24/h3-4,6,8,10-11,20H,2,5,7,9,12,25H2,1H3/t20-/m1/s1. The molecule has 0 radical (unpaired) electrons. The Bertz CT molecular complexity index is 1080. The zero-order valence-corrected chi connectivity index (χ0v) is 18.6. The summed E-state index contributed by atoms with van der Waals surface area (Å²) in [6, 6.07) is 11.0. The molecular formula is C23H22BrNO6. The Balaban J connectivity index is 1.66. The summed E-state index contributed by atoms with van der Waals surface area (Å²) in [4.78, 5) is 25.5. The molecule has 162 valence electrons. The number of rotatable bonds is 6. The van der Waals surface area contributed by atoms with Gasteiger partial charge in [0.05, 0.1) is 17.0 Å². The molecule has 2 aromatic rings. The quantitative estimate of drug-likeness (QED) is 0.599. The van der Waals surface area contributed by atoms with E-state index in [2.05, 4.69) is 15.9 Å². The molecule has 2 aliphatic rings. The van der Waals surface area contributed by atoms with E-state index in [4.69, 9.17) is 24.4 Å². The number of nitrogens with two attached hydrogens (primary N) is 1. The number of hydrogen-bond acceptors (Lipinski definition) is 7. The molecule has 2 N–H and O–H groups in total. The Labute approximate surface area is 188 Å². The summed E-state index contributed by atoms with van der Waals surface area (Å²) in [5.74, 6) is 0.601. The summed E-state index contributed by atoms with van der Waals surface area (Å²) in [5.41, 5.74) is 6.59. The third kappa shape index (κ3) is 4.25. The SMILES string of the molecule is CCOC(=O)C1=C(N)OC2=C(C(=O)CCC2)[C@H]1c1ccc(COc2ccccc2Br)o1. The highest BCUT2D eigenvalue weighted by atomic mass is 79.9. The molecule has 31 heavy (non-hydrogen) atoms. The topological polar surface area (TPSA) is 101 Å². The number of esters is 1. The van der Waals surface area contributed by atoms with E-state index in [0.29, 0.717) is 47.9 Å². The number of allylic oxidation sites excluding steroid dienone is 2. The first-order valence-electron chi connectivity index (χ1n) is 10.1. The zero-order valence-electron chi connectivity index (χ0n) is 17.0. The fourth-order valence-corrected chi connectivity index (χ4v) is 4.19. The summed E-state index contributed by atoms with van der Waals surface area (Å²) >= 11 is 3.44. The summed E-state index contributed by atoms with van der Waals surface area (Å²) < 4.78 is 23.5. The minimum absolute atomic E-state index is 0.0562. The lowest BCUT2D eigenvalue weighted by atomic mass is 9.79. The summed E-state index contributed by atoms with van der Waals surface area (Å²) in [6.07, 6.45) is 1.64. The van der Waals surface area contributed by atoms with Gasteiger partial charge in [0.2, 0.25) is 5.88 Å². The summed E-state index contributed by atoms with van der Waals surface area (Å²) in [7, 11) is 0. The molecule has 0 unspecified atom stereocenters. The molecule has 1 aliphatic heterocycles. The van der Waals surface area contributed by atoms with Crippen LogP contribution in [-0.4, -0.2) is 18.4 Å². The molecule has 0 amide bonds. The van der Waals surface area contributed by atoms with Gasteiger partial charge in [-0.2, -0.15) is 0 Å². The van der Waals surface area contributed by atoms with Crippen molar-refractivity contribution in [2.45, 2.75) is 38.7 Å². The average molecular weight is 488 g/mol. The van der Waals surface area contributed by atoms with Crippen molar-refractivity contribution in [3.8, 4) is 5.75 Å². The number of para-hydroxylation sites is 1. The summed E-state index contributed by atoms with van der Waals surface area (Å²) in [5, 5.41) is 0. The van der Waals surface area contributed by atoms with Gasteiger partial charge in [-0.15, -0.1) is 0 Å². The average Bonchev–Trinajstić information content (AvgIpc) is 3.21. The van der Waals surface area contributed by atoms with Crippen LogP contribution >= 0.6 is 15.9 Å². The van der Waals surface area contributed by atoms with Gasteiger partial charge in [0.15, 0.2) is 5.78 Å². The predicted octanol–water partition coefficient (Wildman–Crippen LogP) is 4.48. The summed E-state index contributed by atoms with van der Waals surface area (Å²) in [6.45, 7) is 2.05. The van der Waals surface area contributed by atoms with Crippen LogP contribution in [-0.2, 0) is 25.7 Å². The molecule has 4 rings (SSSR count). The normalized spacial score (nSPS) is 18.5. The van der Waals surface area contributed by atoms with Crippen LogP contribution in [0.15, 0.2) is 68.1 Å². The Morgan fingerprint density at radius 1 is 1.23 bits per heavy atom. The van der Waals surface area contributed by atoms with Gasteiger partial charge < -0.3 is 24.4 Å². The number of ketones is 1. The lowest BCUT2D eigenvalue weighted by Gasteiger charge is -2.31. The maximum atomic E-state index is 12.8. The molecule has 0 fully saturated rings. The Morgan fingerprint density at radius 2 is 2.03 bits per heavy atom. The Hall–Kier alpha value is -3.00. The lowest BCUT2D eigenvalue weighted by molar-refractivity contribution is -0.139. The van der Waals surface area contributed by atoms with Gasteiger partial charge in [0, 0.05) is 18.4 Å². The van der Waals surface area contributed by atoms with Gasteiger partial charge in [-0.25, -0.2) is 4.79 Å². The van der Waals surface area contributed by atoms with Crippen molar-refractivity contribution >= 4 is 27.7 Å². The number of furan rings is 1. The van der Waals surface area contributed by atoms with Crippen LogP contribution in [0.5, 0.6) is 5.75 Å². The van der Waals surface area contributed by atoms with Crippen LogP contribution in [0.4, 0.5) is 0 Å². The Kier molecular flexibility index (Phi) is 6.18. The second-order valence-corrected chi connectivity index (χ2v) is 8.02. The third-order valence-electron chi connectivity index (χ3n) is 5.15. The van der Waals surface area contributed by atoms with Gasteiger partial charge in [-0.3, -0.25) is 4.79 Å². The highest BCUT2D eigenvalue weighted by Crippen LogP contribution is 2.44. The molecule has 0 saturated heterocycles. The Morgan fingerprint density at radius 3 is 2.81 bits per heavy atom. The fourth-order valence-electron chi connectivity index (χ4n) is 3.79. The van der Waals surface area contributed by atoms with Crippen molar-refractivity contribution in [1.29, 1.82) is 0 Å². The van der Waals surface area contributed by atoms with Gasteiger partial charge >= 0.3 is 5.97 Å². The second-order valence-electron chi connectivity index (χ2n) is 7.17. The van der Waals surface area contributed by atoms with Crippen molar-refractivity contribution in [3.63, 3.8) is 0 Å². The number of carbonyl (C=O) groups is 2. The van der Waals surface area contributed by atoms with E-state index < -0.39 is 11.9 Å². The molecule has 2 heterocycles. The monoisotopic (exact) mass is 487 g/mol. The highest BCUT2D eigenvalue weighted by Gasteiger charge is 2.42. The predicted molar refractivity (Wildman–Crippen MR) is 115 cm³/mol. The molecule has 0 spiro atoms. The van der Waals surface area contributed by atoms with Crippen LogP contribution in [0, 0.1) is 0 Å². The second kappa shape index (κ2) is 9.01. The van der Waals surface area contributed by atoms with E-state index in [9.17, 15) is 9.59 Å². The van der Waals surface area contributed by atoms with Crippen molar-refractivity contribution in [2.75, 3.05) is 6.61 Å². The van der Waals surface area contributed by atoms with Crippen molar-refractivity contribution in [3.05, 3.63) is 75.2 Å². The van der Waals surface area contributed by atoms with E-state index in [-0.39, 0.29) is 30.5 Å². The van der Waals surface area contributed by atoms with Gasteiger partial charge in [0.25, 0.3) is 0 Å². The smallest absolute Gasteiger partial charge is 0.340 e. The van der Waals surface area contributed by atoms with Crippen molar-refractivity contribution < 1.29 is 28.2 Å². The van der Waals surface area contributed by atoms with E-state index in [1.807, 2.05) is 24.3 Å². The molecule has 1 aromatic heterocycles. The molecule has 7 nitrogen and oxygen atoms in total. The zero-order chi connectivity index (χ0) is 22.0. The minimum Gasteiger partial charge on any atom is -0.484 e. The van der Waals surface area contributed by atoms with Gasteiger partial charge in [0.1, 0.15) is 35.2 Å². The first kappa shape index (κ1) is 21.2. The van der Waals surface area contributed by atoms with Crippen molar-refractivity contribution in [1.82, 2.24) is 0 Å². The van der Waals surface area contributed by atoms with E-state index in [1.165, 1.54) is 0 Å². The fraction of sp³-hybridized carbons (Fsp3) is 0.304. The van der Waals surface area contributed by atoms with E-state index >= 15 is 0 Å². The highest BCUT2D eigenvalue weighted by molar-refractivity contribution is 9.10. The molecule has 1 atom stereocenters. The molecular weight excluding hydrogens is 466 g/mol. The van der Waals surface area contributed by atoms with Gasteiger partial charge in [-0.05, 0) is 53.5 Å². The van der Waals surface area contributed by atoms with E-state index in [0.717, 1.165) is 4.47 Å². The van der Waals surface area contributed by atoms with Crippen LogP contribution in [0.2, 0.25) is 0 Å². The molecule has 8 heteroatoms. The van der Waals surface area contributed by atoms with Crippen molar-refractivity contribution in [2.24, 2.45) is 5.73 Å². The number of carbonyl (C=O) groups excluding carboxylic acids is 2. The largest absolute Gasteiger partial charge is 0.484 e. The lowest BCUT2D eigenvalue weighted by Crippen LogP contribution is -2.31. The third-order valence-corrected chi connectivity index (χ3v) is 5.81. The number of Topliss-reactive ketones (excluding diaryl/α,β-unsaturated/α-hetero) is 1. The van der Waals surface area contributed by atoms with Crippen LogP contribution in [0.25, 0.3) is 0 Å². The maximum Gasteiger partial charge on any atom is 0.340 e. The van der Waals surface area contributed by atoms with Crippen LogP contribution in [0.3, 0.4) is 0 Å². The first-order valence-corrected chi connectivity index (χ1v) is 10.9. The molecule has 0 bridgehead atoms. The molecule has 0 saturated carbocycles. The number of ether oxygens (including phenoxy) is 3. The van der Waals surface area contributed by atoms with E-state index in [1.54, 1.807) is 19.1 Å². The molecule has 1 aromatic carbocycles. The van der Waals surface area contributed by atoms with Crippen LogP contribution < -0.4 is 10.5 Å². The number of halogens is 1. The maximum absolute atomic E-state index is 12.8. The minimum atomic E-state index is -0.771. The first-order chi connectivity index (χ1) is 15.0. The van der Waals surface area contributed by atoms with Gasteiger partial charge in [-0.1, -0.05) is 12.1 Å². The number of benzene rings is 1. The van der Waals surface area contributed by atoms with Crippen LogP contribution in [0.1, 0.15) is 43.6 Å².